The van der Waals surface area contributed by atoms with Crippen LogP contribution in [0.15, 0.2) is 30.3 Å². The summed E-state index contributed by atoms with van der Waals surface area (Å²) in [5.74, 6) is -3.60. The first kappa shape index (κ1) is 21.4. The second kappa shape index (κ2) is 8.01. The first-order chi connectivity index (χ1) is 14.2. The molecule has 0 bridgehead atoms. The predicted octanol–water partition coefficient (Wildman–Crippen LogP) is 3.73. The van der Waals surface area contributed by atoms with Crippen molar-refractivity contribution in [2.75, 3.05) is 32.0 Å². The Morgan fingerprint density at radius 3 is 2.57 bits per heavy atom. The van der Waals surface area contributed by atoms with Crippen LogP contribution in [0.3, 0.4) is 0 Å². The average molecular weight is 531 g/mol. The number of rotatable bonds is 4. The summed E-state index contributed by atoms with van der Waals surface area (Å²) in [6.45, 7) is 1.11. The highest BCUT2D eigenvalue weighted by atomic mass is 127. The van der Waals surface area contributed by atoms with E-state index in [2.05, 4.69) is 10.2 Å². The number of carbonyl (C=O) groups excluding carboxylic acids is 1. The van der Waals surface area contributed by atoms with Crippen LogP contribution in [-0.2, 0) is 0 Å². The molecule has 2 aliphatic heterocycles. The highest BCUT2D eigenvalue weighted by Crippen LogP contribution is 2.36. The number of nitrogens with zero attached hydrogens (tertiary/aromatic N) is 2. The maximum atomic E-state index is 14.6. The second-order valence-electron chi connectivity index (χ2n) is 7.94. The molecule has 2 aromatic rings. The van der Waals surface area contributed by atoms with Gasteiger partial charge in [-0.3, -0.25) is 4.79 Å². The molecule has 2 aliphatic rings. The van der Waals surface area contributed by atoms with E-state index in [1.807, 2.05) is 29.6 Å². The summed E-state index contributed by atoms with van der Waals surface area (Å²) < 4.78 is 43.3. The van der Waals surface area contributed by atoms with Crippen LogP contribution in [0.1, 0.15) is 23.2 Å². The van der Waals surface area contributed by atoms with E-state index in [1.165, 1.54) is 23.1 Å². The smallest absolute Gasteiger partial charge is 0.256 e. The van der Waals surface area contributed by atoms with Gasteiger partial charge in [0, 0.05) is 9.61 Å². The minimum absolute atomic E-state index is 0.0370. The first-order valence-corrected chi connectivity index (χ1v) is 10.7. The molecule has 160 valence electrons. The van der Waals surface area contributed by atoms with Gasteiger partial charge in [-0.1, -0.05) is 0 Å². The first-order valence-electron chi connectivity index (χ1n) is 9.61. The largest absolute Gasteiger partial charge is 0.385 e. The van der Waals surface area contributed by atoms with E-state index in [0.29, 0.717) is 3.57 Å². The maximum absolute atomic E-state index is 14.6. The summed E-state index contributed by atoms with van der Waals surface area (Å²) in [6, 6.07) is 6.26. The molecule has 1 unspecified atom stereocenters. The molecule has 0 spiro atoms. The highest BCUT2D eigenvalue weighted by molar-refractivity contribution is 14.1. The van der Waals surface area contributed by atoms with E-state index in [4.69, 9.17) is 0 Å². The number of β-amino-alcohol motifs (C(OH)–C–C–N with tert-alkyl or cyclic N) is 1. The lowest BCUT2D eigenvalue weighted by molar-refractivity contribution is -0.120. The van der Waals surface area contributed by atoms with Crippen LogP contribution in [0.25, 0.3) is 0 Å². The van der Waals surface area contributed by atoms with Crippen LogP contribution < -0.4 is 5.32 Å². The van der Waals surface area contributed by atoms with Crippen LogP contribution in [0.5, 0.6) is 0 Å². The van der Waals surface area contributed by atoms with Crippen molar-refractivity contribution in [1.82, 2.24) is 9.80 Å². The lowest BCUT2D eigenvalue weighted by atomic mass is 9.84. The number of halogens is 4. The summed E-state index contributed by atoms with van der Waals surface area (Å²) in [4.78, 5) is 16.5. The number of hydrogen-bond acceptors (Lipinski definition) is 4. The van der Waals surface area contributed by atoms with Crippen molar-refractivity contribution in [3.63, 3.8) is 0 Å². The Labute approximate surface area is 186 Å². The monoisotopic (exact) mass is 531 g/mol. The van der Waals surface area contributed by atoms with E-state index >= 15 is 0 Å². The number of aliphatic hydroxyl groups is 1. The molecular weight excluding hydrogens is 510 g/mol. The van der Waals surface area contributed by atoms with Gasteiger partial charge in [-0.05, 0) is 79.4 Å². The zero-order chi connectivity index (χ0) is 21.6. The fourth-order valence-electron chi connectivity index (χ4n) is 4.31. The van der Waals surface area contributed by atoms with Crippen molar-refractivity contribution in [2.24, 2.45) is 0 Å². The third-order valence-electron chi connectivity index (χ3n) is 5.87. The molecule has 2 N–H and O–H groups in total. The summed E-state index contributed by atoms with van der Waals surface area (Å²) in [6.07, 6.45) is 1.83. The minimum Gasteiger partial charge on any atom is -0.385 e. The summed E-state index contributed by atoms with van der Waals surface area (Å²) in [5, 5.41) is 13.4. The van der Waals surface area contributed by atoms with Gasteiger partial charge in [-0.25, -0.2) is 13.2 Å². The van der Waals surface area contributed by atoms with Crippen LogP contribution in [0.2, 0.25) is 0 Å². The number of carbonyl (C=O) groups is 1. The molecule has 2 saturated heterocycles. The Kier molecular flexibility index (Phi) is 5.71. The van der Waals surface area contributed by atoms with Gasteiger partial charge in [-0.15, -0.1) is 0 Å². The number of anilines is 2. The number of nitrogens with one attached hydrogen (secondary N) is 1. The van der Waals surface area contributed by atoms with Crippen molar-refractivity contribution < 1.29 is 23.1 Å². The van der Waals surface area contributed by atoms with Gasteiger partial charge in [0.25, 0.3) is 5.91 Å². The van der Waals surface area contributed by atoms with Crippen molar-refractivity contribution >= 4 is 39.9 Å². The average Bonchev–Trinajstić information content (AvgIpc) is 3.11. The Bertz CT molecular complexity index is 998. The molecule has 1 atom stereocenters. The van der Waals surface area contributed by atoms with Crippen molar-refractivity contribution in [3.05, 3.63) is 56.9 Å². The molecule has 0 radical (unpaired) electrons. The number of amides is 1. The normalized spacial score (nSPS) is 20.9. The number of likely N-dealkylation sites (N-methyl/N-ethyl adjacent to an activating group) is 1. The van der Waals surface area contributed by atoms with Gasteiger partial charge in [0.05, 0.1) is 30.0 Å². The minimum atomic E-state index is -1.26. The summed E-state index contributed by atoms with van der Waals surface area (Å²) in [5.41, 5.74) is -1.63. The molecule has 2 aromatic carbocycles. The highest BCUT2D eigenvalue weighted by Gasteiger charge is 2.52. The van der Waals surface area contributed by atoms with Crippen LogP contribution in [-0.4, -0.2) is 59.1 Å². The number of hydrogen-bond donors (Lipinski definition) is 2. The zero-order valence-corrected chi connectivity index (χ0v) is 18.4. The third-order valence-corrected chi connectivity index (χ3v) is 6.54. The van der Waals surface area contributed by atoms with Gasteiger partial charge >= 0.3 is 0 Å². The van der Waals surface area contributed by atoms with Gasteiger partial charge < -0.3 is 20.2 Å². The molecule has 9 heteroatoms. The fraction of sp³-hybridized carbons (Fsp3) is 0.381. The Hall–Kier alpha value is -1.85. The SMILES string of the molecule is CN1CCCC1C1(O)CN(C(=O)c2ccc(F)c(F)c2Nc2ccc(I)cc2F)C1. The van der Waals surface area contributed by atoms with Gasteiger partial charge in [0.1, 0.15) is 11.4 Å². The molecule has 0 saturated carbocycles. The van der Waals surface area contributed by atoms with E-state index in [9.17, 15) is 23.1 Å². The summed E-state index contributed by atoms with van der Waals surface area (Å²) >= 11 is 1.93. The molecular formula is C21H21F3IN3O2. The van der Waals surface area contributed by atoms with Gasteiger partial charge in [-0.2, -0.15) is 0 Å². The molecule has 2 fully saturated rings. The molecule has 4 rings (SSSR count). The van der Waals surface area contributed by atoms with Gasteiger partial charge in [0.2, 0.25) is 0 Å². The Morgan fingerprint density at radius 2 is 1.93 bits per heavy atom. The Morgan fingerprint density at radius 1 is 1.20 bits per heavy atom. The standard InChI is InChI=1S/C21H21F3IN3O2/c1-27-8-2-3-17(27)21(30)10-28(11-21)20(29)13-5-6-14(22)18(24)19(13)26-16-7-4-12(25)9-15(16)23/h4-7,9,17,26,30H,2-3,8,10-11H2,1H3. The number of likely N-dealkylation sites (tertiary alicyclic amines) is 2. The topological polar surface area (TPSA) is 55.8 Å². The van der Waals surface area contributed by atoms with Crippen LogP contribution in [0, 0.1) is 21.0 Å². The number of benzene rings is 2. The molecule has 0 aliphatic carbocycles. The van der Waals surface area contributed by atoms with E-state index in [0.717, 1.165) is 25.5 Å². The lowest BCUT2D eigenvalue weighted by Gasteiger charge is -2.51. The zero-order valence-electron chi connectivity index (χ0n) is 16.3. The van der Waals surface area contributed by atoms with Crippen LogP contribution >= 0.6 is 22.6 Å². The molecule has 0 aromatic heterocycles. The quantitative estimate of drug-likeness (QED) is 0.591. The molecule has 1 amide bonds. The van der Waals surface area contributed by atoms with Crippen molar-refractivity contribution in [2.45, 2.75) is 24.5 Å². The van der Waals surface area contributed by atoms with Crippen molar-refractivity contribution in [3.8, 4) is 0 Å². The van der Waals surface area contributed by atoms with E-state index in [1.54, 1.807) is 6.07 Å². The van der Waals surface area contributed by atoms with Crippen LogP contribution in [0.4, 0.5) is 24.5 Å². The molecule has 2 heterocycles. The lowest BCUT2D eigenvalue weighted by Crippen LogP contribution is -2.70. The maximum Gasteiger partial charge on any atom is 0.256 e. The summed E-state index contributed by atoms with van der Waals surface area (Å²) in [7, 11) is 1.94. The molecule has 5 nitrogen and oxygen atoms in total. The van der Waals surface area contributed by atoms with Crippen molar-refractivity contribution in [1.29, 1.82) is 0 Å². The second-order valence-corrected chi connectivity index (χ2v) is 9.18. The molecule has 30 heavy (non-hydrogen) atoms. The predicted molar refractivity (Wildman–Crippen MR) is 115 cm³/mol. The third kappa shape index (κ3) is 3.78. The van der Waals surface area contributed by atoms with E-state index < -0.39 is 34.6 Å². The van der Waals surface area contributed by atoms with Gasteiger partial charge in [0.15, 0.2) is 11.6 Å². The Balaban J connectivity index is 1.58. The fourth-order valence-corrected chi connectivity index (χ4v) is 4.76. The van der Waals surface area contributed by atoms with E-state index in [-0.39, 0.29) is 30.4 Å².